The number of rotatable bonds is 6. The Morgan fingerprint density at radius 2 is 1.68 bits per heavy atom. The normalized spacial score (nSPS) is 11.7. The van der Waals surface area contributed by atoms with Crippen molar-refractivity contribution >= 4 is 0 Å². The molecule has 0 saturated carbocycles. The van der Waals surface area contributed by atoms with Crippen LogP contribution in [0.4, 0.5) is 0 Å². The van der Waals surface area contributed by atoms with E-state index < -0.39 is 0 Å². The molecule has 1 heterocycles. The van der Waals surface area contributed by atoms with Crippen molar-refractivity contribution in [2.75, 3.05) is 13.7 Å². The number of ether oxygens (including phenoxy) is 1. The maximum Gasteiger partial charge on any atom is 0.185 e. The number of tetrazole rings is 1. The molecule has 0 aliphatic carbocycles. The van der Waals surface area contributed by atoms with Gasteiger partial charge >= 0.3 is 0 Å². The molecule has 0 radical (unpaired) electrons. The van der Waals surface area contributed by atoms with Gasteiger partial charge in [0.05, 0.1) is 5.56 Å². The molecule has 28 heavy (non-hydrogen) atoms. The highest BCUT2D eigenvalue weighted by atomic mass is 16.5. The molecule has 2 aromatic carbocycles. The van der Waals surface area contributed by atoms with Crippen LogP contribution in [0.1, 0.15) is 32.8 Å². The third-order valence-electron chi connectivity index (χ3n) is 4.67. The highest BCUT2D eigenvalue weighted by molar-refractivity contribution is 5.79. The summed E-state index contributed by atoms with van der Waals surface area (Å²) in [5.41, 5.74) is 3.18. The van der Waals surface area contributed by atoms with E-state index in [9.17, 15) is 10.2 Å². The van der Waals surface area contributed by atoms with Crippen LogP contribution in [0.5, 0.6) is 11.5 Å². The summed E-state index contributed by atoms with van der Waals surface area (Å²) in [6.07, 6.45) is 0.745. The van der Waals surface area contributed by atoms with Crippen molar-refractivity contribution in [3.05, 3.63) is 42.0 Å². The summed E-state index contributed by atoms with van der Waals surface area (Å²) in [5, 5.41) is 32.6. The molecule has 7 nitrogen and oxygen atoms in total. The van der Waals surface area contributed by atoms with Gasteiger partial charge in [0.15, 0.2) is 5.82 Å². The van der Waals surface area contributed by atoms with Crippen LogP contribution in [-0.2, 0) is 16.7 Å². The highest BCUT2D eigenvalue weighted by Gasteiger charge is 2.18. The fourth-order valence-corrected chi connectivity index (χ4v) is 3.04. The molecule has 3 rings (SSSR count). The van der Waals surface area contributed by atoms with Crippen molar-refractivity contribution in [3.63, 3.8) is 0 Å². The first kappa shape index (κ1) is 19.8. The number of phenols is 2. The molecule has 148 valence electrons. The number of benzene rings is 2. The number of aryl methyl sites for hydroxylation is 1. The molecule has 0 fully saturated rings. The largest absolute Gasteiger partial charge is 0.507 e. The first-order valence-corrected chi connectivity index (χ1v) is 9.23. The zero-order chi connectivity index (χ0) is 20.3. The average Bonchev–Trinajstić information content (AvgIpc) is 3.10. The minimum Gasteiger partial charge on any atom is -0.507 e. The van der Waals surface area contributed by atoms with Crippen molar-refractivity contribution in [2.45, 2.75) is 39.2 Å². The van der Waals surface area contributed by atoms with Gasteiger partial charge in [0, 0.05) is 31.9 Å². The van der Waals surface area contributed by atoms with E-state index in [1.165, 1.54) is 11.6 Å². The minimum absolute atomic E-state index is 0.00293. The summed E-state index contributed by atoms with van der Waals surface area (Å²) in [6, 6.07) is 11.1. The van der Waals surface area contributed by atoms with E-state index in [1.807, 2.05) is 12.1 Å². The average molecular weight is 382 g/mol. The van der Waals surface area contributed by atoms with Gasteiger partial charge in [0.1, 0.15) is 11.5 Å². The van der Waals surface area contributed by atoms with E-state index in [2.05, 4.69) is 48.4 Å². The molecule has 7 heteroatoms. The summed E-state index contributed by atoms with van der Waals surface area (Å²) >= 11 is 0. The molecule has 0 unspecified atom stereocenters. The van der Waals surface area contributed by atoms with Crippen LogP contribution in [0.15, 0.2) is 36.4 Å². The molecule has 0 amide bonds. The number of aromatic nitrogens is 4. The Morgan fingerprint density at radius 3 is 2.32 bits per heavy atom. The van der Waals surface area contributed by atoms with E-state index in [0.29, 0.717) is 30.1 Å². The summed E-state index contributed by atoms with van der Waals surface area (Å²) in [6.45, 7) is 7.61. The molecule has 0 bridgehead atoms. The van der Waals surface area contributed by atoms with E-state index in [0.717, 1.165) is 12.0 Å². The van der Waals surface area contributed by atoms with Crippen molar-refractivity contribution in [3.8, 4) is 34.0 Å². The van der Waals surface area contributed by atoms with Crippen LogP contribution in [0.2, 0.25) is 0 Å². The second-order valence-corrected chi connectivity index (χ2v) is 7.79. The van der Waals surface area contributed by atoms with E-state index in [-0.39, 0.29) is 16.9 Å². The Morgan fingerprint density at radius 1 is 1.00 bits per heavy atom. The lowest BCUT2D eigenvalue weighted by molar-refractivity contribution is 0.189. The Kier molecular flexibility index (Phi) is 5.65. The molecule has 0 aliphatic heterocycles. The second kappa shape index (κ2) is 7.98. The van der Waals surface area contributed by atoms with Gasteiger partial charge in [-0.15, -0.1) is 5.10 Å². The molecule has 0 aliphatic rings. The van der Waals surface area contributed by atoms with Crippen molar-refractivity contribution in [2.24, 2.45) is 0 Å². The highest BCUT2D eigenvalue weighted by Crippen LogP contribution is 2.39. The summed E-state index contributed by atoms with van der Waals surface area (Å²) in [7, 11) is 1.64. The maximum absolute atomic E-state index is 10.4. The molecule has 2 N–H and O–H groups in total. The molecule has 0 saturated heterocycles. The lowest BCUT2D eigenvalue weighted by Gasteiger charge is -2.19. The van der Waals surface area contributed by atoms with Crippen LogP contribution in [0.25, 0.3) is 22.5 Å². The first-order valence-electron chi connectivity index (χ1n) is 9.23. The summed E-state index contributed by atoms with van der Waals surface area (Å²) < 4.78 is 6.69. The number of hydrogen-bond acceptors (Lipinski definition) is 6. The lowest BCUT2D eigenvalue weighted by atomic mass is 9.86. The Balaban J connectivity index is 1.99. The smallest absolute Gasteiger partial charge is 0.185 e. The third-order valence-corrected chi connectivity index (χ3v) is 4.67. The SMILES string of the molecule is COCCCn1nnnc1-c1cc(-c2ccc(C(C)(C)C)cc2)c(O)cc1O. The zero-order valence-corrected chi connectivity index (χ0v) is 16.7. The monoisotopic (exact) mass is 382 g/mol. The Bertz CT molecular complexity index is 943. The predicted molar refractivity (Wildman–Crippen MR) is 107 cm³/mol. The predicted octanol–water partition coefficient (Wildman–Crippen LogP) is 3.75. The number of hydrogen-bond donors (Lipinski definition) is 2. The second-order valence-electron chi connectivity index (χ2n) is 7.79. The van der Waals surface area contributed by atoms with Gasteiger partial charge < -0.3 is 14.9 Å². The van der Waals surface area contributed by atoms with Gasteiger partial charge in [-0.3, -0.25) is 0 Å². The summed E-state index contributed by atoms with van der Waals surface area (Å²) in [4.78, 5) is 0. The lowest BCUT2D eigenvalue weighted by Crippen LogP contribution is -2.10. The van der Waals surface area contributed by atoms with Gasteiger partial charge in [-0.2, -0.15) is 0 Å². The van der Waals surface area contributed by atoms with Crippen LogP contribution in [0, 0.1) is 0 Å². The third kappa shape index (κ3) is 4.14. The fourth-order valence-electron chi connectivity index (χ4n) is 3.04. The van der Waals surface area contributed by atoms with Crippen molar-refractivity contribution in [1.29, 1.82) is 0 Å². The van der Waals surface area contributed by atoms with Crippen LogP contribution < -0.4 is 0 Å². The van der Waals surface area contributed by atoms with E-state index in [1.54, 1.807) is 17.9 Å². The van der Waals surface area contributed by atoms with Gasteiger partial charge in [0.25, 0.3) is 0 Å². The molecule has 0 spiro atoms. The minimum atomic E-state index is -0.0737. The Labute approximate surface area is 164 Å². The maximum atomic E-state index is 10.4. The van der Waals surface area contributed by atoms with Gasteiger partial charge in [-0.25, -0.2) is 4.68 Å². The zero-order valence-electron chi connectivity index (χ0n) is 16.7. The van der Waals surface area contributed by atoms with E-state index >= 15 is 0 Å². The quantitative estimate of drug-likeness (QED) is 0.631. The van der Waals surface area contributed by atoms with Gasteiger partial charge in [-0.1, -0.05) is 45.0 Å². The van der Waals surface area contributed by atoms with Gasteiger partial charge in [-0.05, 0) is 39.5 Å². The van der Waals surface area contributed by atoms with Crippen LogP contribution in [0.3, 0.4) is 0 Å². The number of aromatic hydroxyl groups is 2. The van der Waals surface area contributed by atoms with Crippen LogP contribution in [-0.4, -0.2) is 44.1 Å². The van der Waals surface area contributed by atoms with Crippen molar-refractivity contribution < 1.29 is 14.9 Å². The van der Waals surface area contributed by atoms with Crippen molar-refractivity contribution in [1.82, 2.24) is 20.2 Å². The molecule has 1 aromatic heterocycles. The Hall–Kier alpha value is -2.93. The molecular weight excluding hydrogens is 356 g/mol. The van der Waals surface area contributed by atoms with E-state index in [4.69, 9.17) is 4.74 Å². The number of methoxy groups -OCH3 is 1. The summed E-state index contributed by atoms with van der Waals surface area (Å²) in [5.74, 6) is 0.375. The number of nitrogens with zero attached hydrogens (tertiary/aromatic N) is 4. The number of phenolic OH excluding ortho intramolecular Hbond substituents is 2. The molecule has 3 aromatic rings. The van der Waals surface area contributed by atoms with Crippen LogP contribution >= 0.6 is 0 Å². The topological polar surface area (TPSA) is 93.3 Å². The first-order chi connectivity index (χ1) is 13.3. The molecular formula is C21H26N4O3. The fraction of sp³-hybridized carbons (Fsp3) is 0.381. The molecule has 0 atom stereocenters. The standard InChI is InChI=1S/C21H26N4O3/c1-21(2,3)15-8-6-14(7-9-15)16-12-17(19(27)13-18(16)26)20-22-23-24-25(20)10-5-11-28-4/h6-9,12-13,26-27H,5,10-11H2,1-4H3. The van der Waals surface area contributed by atoms with Gasteiger partial charge in [0.2, 0.25) is 0 Å².